The van der Waals surface area contributed by atoms with Crippen molar-refractivity contribution in [1.29, 1.82) is 0 Å². The predicted molar refractivity (Wildman–Crippen MR) is 58.6 cm³/mol. The lowest BCUT2D eigenvalue weighted by atomic mass is 10.0. The van der Waals surface area contributed by atoms with Gasteiger partial charge in [0.15, 0.2) is 0 Å². The van der Waals surface area contributed by atoms with Crippen LogP contribution in [0, 0.1) is 6.57 Å². The van der Waals surface area contributed by atoms with E-state index >= 15 is 0 Å². The molecule has 0 atom stereocenters. The summed E-state index contributed by atoms with van der Waals surface area (Å²) in [4.78, 5) is 16.5. The van der Waals surface area contributed by atoms with E-state index in [1.165, 1.54) is 5.56 Å². The molecule has 0 unspecified atom stereocenters. The first-order valence-corrected chi connectivity index (χ1v) is 5.04. The second-order valence-corrected chi connectivity index (χ2v) is 3.59. The van der Waals surface area contributed by atoms with Gasteiger partial charge in [-0.15, -0.1) is 0 Å². The molecule has 2 rings (SSSR count). The monoisotopic (exact) mass is 200 g/mol. The molecule has 0 spiro atoms. The van der Waals surface area contributed by atoms with E-state index in [4.69, 9.17) is 6.57 Å². The van der Waals surface area contributed by atoms with E-state index in [0.717, 1.165) is 25.1 Å². The van der Waals surface area contributed by atoms with Gasteiger partial charge in [-0.05, 0) is 24.5 Å². The van der Waals surface area contributed by atoms with Gasteiger partial charge in [-0.3, -0.25) is 4.79 Å². The van der Waals surface area contributed by atoms with E-state index in [1.54, 1.807) is 4.90 Å². The van der Waals surface area contributed by atoms with Crippen LogP contribution in [0.5, 0.6) is 0 Å². The molecule has 1 aromatic carbocycles. The van der Waals surface area contributed by atoms with E-state index in [0.29, 0.717) is 0 Å². The Bertz CT molecular complexity index is 420. The van der Waals surface area contributed by atoms with E-state index in [-0.39, 0.29) is 12.5 Å². The molecule has 0 fully saturated rings. The van der Waals surface area contributed by atoms with Crippen molar-refractivity contribution in [3.8, 4) is 0 Å². The maximum atomic E-state index is 11.7. The summed E-state index contributed by atoms with van der Waals surface area (Å²) >= 11 is 0. The molecule has 1 amide bonds. The van der Waals surface area contributed by atoms with Gasteiger partial charge in [-0.1, -0.05) is 18.2 Å². The highest BCUT2D eigenvalue weighted by atomic mass is 16.2. The Morgan fingerprint density at radius 1 is 1.47 bits per heavy atom. The highest BCUT2D eigenvalue weighted by molar-refractivity contribution is 5.96. The summed E-state index contributed by atoms with van der Waals surface area (Å²) < 4.78 is 0. The zero-order valence-corrected chi connectivity index (χ0v) is 8.44. The van der Waals surface area contributed by atoms with E-state index in [1.807, 2.05) is 24.3 Å². The van der Waals surface area contributed by atoms with Crippen LogP contribution in [0.15, 0.2) is 24.3 Å². The third-order valence-corrected chi connectivity index (χ3v) is 2.63. The summed E-state index contributed by atoms with van der Waals surface area (Å²) in [6, 6.07) is 7.92. The lowest BCUT2D eigenvalue weighted by Gasteiger charge is -2.27. The van der Waals surface area contributed by atoms with Gasteiger partial charge in [-0.2, -0.15) is 0 Å². The van der Waals surface area contributed by atoms with Crippen molar-refractivity contribution in [2.45, 2.75) is 12.8 Å². The largest absolute Gasteiger partial charge is 0.307 e. The SMILES string of the molecule is [C-]#[N+]CC(=O)N1CCCc2ccccc21. The first kappa shape index (κ1) is 9.72. The third kappa shape index (κ3) is 1.84. The Kier molecular flexibility index (Phi) is 2.68. The predicted octanol–water partition coefficient (Wildman–Crippen LogP) is 1.89. The molecule has 1 aromatic rings. The van der Waals surface area contributed by atoms with Crippen LogP contribution >= 0.6 is 0 Å². The highest BCUT2D eigenvalue weighted by Gasteiger charge is 2.23. The average molecular weight is 200 g/mol. The lowest BCUT2D eigenvalue weighted by molar-refractivity contribution is -0.116. The molecule has 0 aromatic heterocycles. The number of para-hydroxylation sites is 1. The van der Waals surface area contributed by atoms with Gasteiger partial charge >= 0.3 is 5.91 Å². The van der Waals surface area contributed by atoms with Crippen molar-refractivity contribution in [3.05, 3.63) is 41.2 Å². The average Bonchev–Trinajstić information content (AvgIpc) is 2.28. The maximum absolute atomic E-state index is 11.7. The number of carbonyl (C=O) groups is 1. The van der Waals surface area contributed by atoms with Gasteiger partial charge in [-0.25, -0.2) is 6.57 Å². The number of amides is 1. The van der Waals surface area contributed by atoms with Crippen LogP contribution in [0.25, 0.3) is 4.85 Å². The van der Waals surface area contributed by atoms with Crippen molar-refractivity contribution < 1.29 is 4.79 Å². The van der Waals surface area contributed by atoms with E-state index in [9.17, 15) is 4.79 Å². The summed E-state index contributed by atoms with van der Waals surface area (Å²) in [6.45, 7) is 7.41. The Hall–Kier alpha value is -1.82. The van der Waals surface area contributed by atoms with Gasteiger partial charge in [0.1, 0.15) is 0 Å². The van der Waals surface area contributed by atoms with Crippen LogP contribution in [0.4, 0.5) is 5.69 Å². The molecule has 1 heterocycles. The molecule has 76 valence electrons. The molecule has 3 heteroatoms. The number of aryl methyl sites for hydroxylation is 1. The van der Waals surface area contributed by atoms with Crippen LogP contribution in [0.3, 0.4) is 0 Å². The molecule has 0 aliphatic carbocycles. The normalized spacial score (nSPS) is 14.2. The minimum Gasteiger partial charge on any atom is -0.306 e. The number of nitrogens with zero attached hydrogens (tertiary/aromatic N) is 2. The highest BCUT2D eigenvalue weighted by Crippen LogP contribution is 2.26. The Morgan fingerprint density at radius 2 is 2.27 bits per heavy atom. The van der Waals surface area contributed by atoms with Gasteiger partial charge in [0.2, 0.25) is 0 Å². The molecule has 0 saturated heterocycles. The Morgan fingerprint density at radius 3 is 3.07 bits per heavy atom. The first-order valence-electron chi connectivity index (χ1n) is 5.04. The third-order valence-electron chi connectivity index (χ3n) is 2.63. The topological polar surface area (TPSA) is 24.7 Å². The molecular formula is C12H12N2O. The van der Waals surface area contributed by atoms with Gasteiger partial charge < -0.3 is 9.74 Å². The maximum Gasteiger partial charge on any atom is 0.307 e. The zero-order chi connectivity index (χ0) is 10.7. The van der Waals surface area contributed by atoms with E-state index < -0.39 is 0 Å². The molecule has 0 N–H and O–H groups in total. The second kappa shape index (κ2) is 4.14. The molecule has 0 bridgehead atoms. The summed E-state index contributed by atoms with van der Waals surface area (Å²) in [6.07, 6.45) is 2.01. The number of fused-ring (bicyclic) bond motifs is 1. The van der Waals surface area contributed by atoms with Crippen LogP contribution in [-0.4, -0.2) is 19.0 Å². The molecular weight excluding hydrogens is 188 g/mol. The van der Waals surface area contributed by atoms with Crippen LogP contribution in [0.2, 0.25) is 0 Å². The standard InChI is InChI=1S/C12H12N2O/c1-13-9-12(15)14-8-4-6-10-5-2-3-7-11(10)14/h2-3,5,7H,4,6,8-9H2. The number of carbonyl (C=O) groups excluding carboxylic acids is 1. The smallest absolute Gasteiger partial charge is 0.306 e. The fourth-order valence-electron chi connectivity index (χ4n) is 1.95. The summed E-state index contributed by atoms with van der Waals surface area (Å²) in [5.41, 5.74) is 2.19. The summed E-state index contributed by atoms with van der Waals surface area (Å²) in [7, 11) is 0. The molecule has 1 aliphatic rings. The van der Waals surface area contributed by atoms with Gasteiger partial charge in [0, 0.05) is 12.2 Å². The summed E-state index contributed by atoms with van der Waals surface area (Å²) in [5, 5.41) is 0. The second-order valence-electron chi connectivity index (χ2n) is 3.59. The number of hydrogen-bond acceptors (Lipinski definition) is 1. The quantitative estimate of drug-likeness (QED) is 0.635. The number of anilines is 1. The number of hydrogen-bond donors (Lipinski definition) is 0. The zero-order valence-electron chi connectivity index (χ0n) is 8.44. The minimum atomic E-state index is -0.0860. The van der Waals surface area contributed by atoms with Crippen LogP contribution in [-0.2, 0) is 11.2 Å². The first-order chi connectivity index (χ1) is 7.33. The van der Waals surface area contributed by atoms with E-state index in [2.05, 4.69) is 4.85 Å². The molecule has 15 heavy (non-hydrogen) atoms. The van der Waals surface area contributed by atoms with Gasteiger partial charge in [0.25, 0.3) is 6.54 Å². The molecule has 0 saturated carbocycles. The van der Waals surface area contributed by atoms with Crippen molar-refractivity contribution in [3.63, 3.8) is 0 Å². The van der Waals surface area contributed by atoms with Crippen molar-refractivity contribution in [1.82, 2.24) is 0 Å². The molecule has 3 nitrogen and oxygen atoms in total. The van der Waals surface area contributed by atoms with Crippen molar-refractivity contribution >= 4 is 11.6 Å². The van der Waals surface area contributed by atoms with Crippen molar-refractivity contribution in [2.24, 2.45) is 0 Å². The fraction of sp³-hybridized carbons (Fsp3) is 0.333. The molecule has 1 aliphatic heterocycles. The van der Waals surface area contributed by atoms with Crippen LogP contribution in [0.1, 0.15) is 12.0 Å². The molecule has 0 radical (unpaired) electrons. The van der Waals surface area contributed by atoms with Gasteiger partial charge in [0.05, 0.1) is 0 Å². The number of benzene rings is 1. The lowest BCUT2D eigenvalue weighted by Crippen LogP contribution is -2.36. The Labute approximate surface area is 89.1 Å². The summed E-state index contributed by atoms with van der Waals surface area (Å²) in [5.74, 6) is -0.0860. The van der Waals surface area contributed by atoms with Crippen molar-refractivity contribution in [2.75, 3.05) is 18.0 Å². The van der Waals surface area contributed by atoms with Crippen LogP contribution < -0.4 is 4.90 Å². The Balaban J connectivity index is 2.30. The number of rotatable bonds is 1. The minimum absolute atomic E-state index is 0.0473. The fourth-order valence-corrected chi connectivity index (χ4v) is 1.95.